The van der Waals surface area contributed by atoms with Gasteiger partial charge in [-0.3, -0.25) is 14.1 Å². The Hall–Kier alpha value is -5.59. The predicted octanol–water partition coefficient (Wildman–Crippen LogP) is 5.11. The lowest BCUT2D eigenvalue weighted by Gasteiger charge is -2.12. The molecule has 11 nitrogen and oxygen atoms in total. The van der Waals surface area contributed by atoms with Crippen molar-refractivity contribution < 1.29 is 41.6 Å². The van der Waals surface area contributed by atoms with E-state index in [2.05, 4.69) is 15.4 Å². The van der Waals surface area contributed by atoms with Gasteiger partial charge in [-0.2, -0.15) is 8.42 Å². The number of hydrogen-bond acceptors (Lipinski definition) is 8. The monoisotopic (exact) mass is 628 g/mol. The molecule has 230 valence electrons. The van der Waals surface area contributed by atoms with Crippen LogP contribution in [-0.4, -0.2) is 50.9 Å². The van der Waals surface area contributed by atoms with Crippen LogP contribution in [0.2, 0.25) is 0 Å². The van der Waals surface area contributed by atoms with Gasteiger partial charge in [0.05, 0.1) is 42.4 Å². The lowest BCUT2D eigenvalue weighted by molar-refractivity contribution is -0.115. The van der Waals surface area contributed by atoms with E-state index >= 15 is 0 Å². The first kappa shape index (κ1) is 32.3. The zero-order valence-electron chi connectivity index (χ0n) is 24.1. The SMILES string of the molecule is COC(=O)c1ccc(CC(=O)Nc2ccc(C(=O)Nc3ccc(C=Cc4ccc(S(=O)(=O)O)cc4)cc3C(=O)OC)cc2)cc1. The van der Waals surface area contributed by atoms with Crippen molar-refractivity contribution in [1.29, 1.82) is 0 Å². The second kappa shape index (κ2) is 14.3. The van der Waals surface area contributed by atoms with Gasteiger partial charge in [-0.1, -0.05) is 42.5 Å². The van der Waals surface area contributed by atoms with Crippen LogP contribution in [0.3, 0.4) is 0 Å². The molecule has 4 aromatic rings. The van der Waals surface area contributed by atoms with Gasteiger partial charge in [0.25, 0.3) is 16.0 Å². The smallest absolute Gasteiger partial charge is 0.339 e. The van der Waals surface area contributed by atoms with Crippen LogP contribution < -0.4 is 10.6 Å². The van der Waals surface area contributed by atoms with Crippen molar-refractivity contribution in [2.45, 2.75) is 11.3 Å². The van der Waals surface area contributed by atoms with Gasteiger partial charge in [0.1, 0.15) is 0 Å². The van der Waals surface area contributed by atoms with Crippen LogP contribution in [0.1, 0.15) is 47.8 Å². The van der Waals surface area contributed by atoms with Crippen LogP contribution in [-0.2, 0) is 30.8 Å². The average Bonchev–Trinajstić information content (AvgIpc) is 3.03. The summed E-state index contributed by atoms with van der Waals surface area (Å²) in [6, 6.07) is 23.0. The van der Waals surface area contributed by atoms with E-state index in [0.717, 1.165) is 0 Å². The summed E-state index contributed by atoms with van der Waals surface area (Å²) in [7, 11) is -1.79. The quantitative estimate of drug-likeness (QED) is 0.123. The number of esters is 2. The molecular formula is C33H28N2O9S. The van der Waals surface area contributed by atoms with E-state index in [0.29, 0.717) is 27.9 Å². The summed E-state index contributed by atoms with van der Waals surface area (Å²) in [6.07, 6.45) is 3.44. The summed E-state index contributed by atoms with van der Waals surface area (Å²) in [6.45, 7) is 0. The molecule has 0 atom stereocenters. The lowest BCUT2D eigenvalue weighted by atomic mass is 10.1. The van der Waals surface area contributed by atoms with Gasteiger partial charge in [-0.25, -0.2) is 9.59 Å². The highest BCUT2D eigenvalue weighted by Gasteiger charge is 2.16. The summed E-state index contributed by atoms with van der Waals surface area (Å²) in [5.74, 6) is -1.92. The van der Waals surface area contributed by atoms with Crippen molar-refractivity contribution in [3.05, 3.63) is 124 Å². The number of amides is 2. The standard InChI is InChI=1S/C33H28N2O9S/c1-43-32(38)25-10-5-23(6-11-25)20-30(36)34-26-14-12-24(13-15-26)31(37)35-29-18-9-22(19-28(29)33(39)44-2)4-3-21-7-16-27(17-8-21)45(40,41)42/h3-19H,20H2,1-2H3,(H,34,36)(H,35,37)(H,40,41,42). The van der Waals surface area contributed by atoms with E-state index in [-0.39, 0.29) is 34.0 Å². The fraction of sp³-hybridized carbons (Fsp3) is 0.0909. The molecule has 4 aromatic carbocycles. The molecule has 4 rings (SSSR count). The van der Waals surface area contributed by atoms with E-state index < -0.39 is 28.0 Å². The van der Waals surface area contributed by atoms with Crippen molar-refractivity contribution in [2.75, 3.05) is 24.9 Å². The van der Waals surface area contributed by atoms with E-state index in [1.807, 2.05) is 0 Å². The van der Waals surface area contributed by atoms with Gasteiger partial charge in [-0.15, -0.1) is 0 Å². The minimum absolute atomic E-state index is 0.0749. The maximum absolute atomic E-state index is 13.0. The third-order valence-corrected chi connectivity index (χ3v) is 7.38. The van der Waals surface area contributed by atoms with Crippen molar-refractivity contribution in [2.24, 2.45) is 0 Å². The topological polar surface area (TPSA) is 165 Å². The first-order chi connectivity index (χ1) is 21.5. The maximum Gasteiger partial charge on any atom is 0.339 e. The number of carbonyl (C=O) groups excluding carboxylic acids is 4. The summed E-state index contributed by atoms with van der Waals surface area (Å²) in [4.78, 5) is 49.3. The Morgan fingerprint density at radius 2 is 1.29 bits per heavy atom. The molecule has 0 unspecified atom stereocenters. The molecule has 0 aliphatic rings. The Balaban J connectivity index is 1.40. The first-order valence-corrected chi connectivity index (χ1v) is 14.8. The zero-order chi connectivity index (χ0) is 32.6. The Bertz CT molecular complexity index is 1870. The molecule has 0 fully saturated rings. The summed E-state index contributed by atoms with van der Waals surface area (Å²) in [5.41, 5.74) is 3.41. The van der Waals surface area contributed by atoms with E-state index in [1.165, 1.54) is 56.7 Å². The number of methoxy groups -OCH3 is 2. The van der Waals surface area contributed by atoms with Crippen LogP contribution in [0.15, 0.2) is 95.9 Å². The summed E-state index contributed by atoms with van der Waals surface area (Å²) in [5, 5.41) is 5.47. The van der Waals surface area contributed by atoms with Crippen molar-refractivity contribution in [1.82, 2.24) is 0 Å². The Labute approximate surface area is 259 Å². The lowest BCUT2D eigenvalue weighted by Crippen LogP contribution is -2.16. The van der Waals surface area contributed by atoms with Crippen LogP contribution in [0, 0.1) is 0 Å². The molecule has 3 N–H and O–H groups in total. The largest absolute Gasteiger partial charge is 0.465 e. The van der Waals surface area contributed by atoms with Crippen LogP contribution >= 0.6 is 0 Å². The Morgan fingerprint density at radius 3 is 1.89 bits per heavy atom. The molecule has 0 saturated carbocycles. The third kappa shape index (κ3) is 8.72. The van der Waals surface area contributed by atoms with Gasteiger partial charge < -0.3 is 20.1 Å². The Kier molecular flexibility index (Phi) is 10.2. The fourth-order valence-electron chi connectivity index (χ4n) is 4.16. The van der Waals surface area contributed by atoms with Crippen molar-refractivity contribution in [3.63, 3.8) is 0 Å². The summed E-state index contributed by atoms with van der Waals surface area (Å²) >= 11 is 0. The second-order valence-electron chi connectivity index (χ2n) is 9.62. The maximum atomic E-state index is 13.0. The molecule has 0 bridgehead atoms. The van der Waals surface area contributed by atoms with Crippen LogP contribution in [0.5, 0.6) is 0 Å². The number of nitrogens with one attached hydrogen (secondary N) is 2. The van der Waals surface area contributed by atoms with E-state index in [4.69, 9.17) is 9.29 Å². The number of ether oxygens (including phenoxy) is 2. The van der Waals surface area contributed by atoms with E-state index in [1.54, 1.807) is 60.7 Å². The molecule has 45 heavy (non-hydrogen) atoms. The number of hydrogen-bond donors (Lipinski definition) is 3. The minimum atomic E-state index is -4.30. The molecule has 2 amide bonds. The van der Waals surface area contributed by atoms with Gasteiger partial charge in [0, 0.05) is 11.3 Å². The van der Waals surface area contributed by atoms with Crippen LogP contribution in [0.25, 0.3) is 12.2 Å². The predicted molar refractivity (Wildman–Crippen MR) is 167 cm³/mol. The Morgan fingerprint density at radius 1 is 0.711 bits per heavy atom. The minimum Gasteiger partial charge on any atom is -0.465 e. The highest BCUT2D eigenvalue weighted by atomic mass is 32.2. The van der Waals surface area contributed by atoms with Gasteiger partial charge in [0.2, 0.25) is 5.91 Å². The number of anilines is 2. The van der Waals surface area contributed by atoms with Crippen LogP contribution in [0.4, 0.5) is 11.4 Å². The van der Waals surface area contributed by atoms with Crippen molar-refractivity contribution >= 4 is 57.4 Å². The number of carbonyl (C=O) groups is 4. The molecule has 0 aliphatic heterocycles. The highest BCUT2D eigenvalue weighted by molar-refractivity contribution is 7.85. The molecule has 0 aromatic heterocycles. The highest BCUT2D eigenvalue weighted by Crippen LogP contribution is 2.22. The van der Waals surface area contributed by atoms with Gasteiger partial charge in [0.15, 0.2) is 0 Å². The van der Waals surface area contributed by atoms with Crippen molar-refractivity contribution in [3.8, 4) is 0 Å². The molecule has 0 radical (unpaired) electrons. The average molecular weight is 629 g/mol. The molecule has 0 saturated heterocycles. The van der Waals surface area contributed by atoms with Gasteiger partial charge >= 0.3 is 11.9 Å². The number of rotatable bonds is 10. The van der Waals surface area contributed by atoms with Gasteiger partial charge in [-0.05, 0) is 77.4 Å². The number of benzene rings is 4. The summed E-state index contributed by atoms with van der Waals surface area (Å²) < 4.78 is 41.1. The van der Waals surface area contributed by atoms with E-state index in [9.17, 15) is 27.6 Å². The molecule has 0 spiro atoms. The normalized spacial score (nSPS) is 11.1. The second-order valence-corrected chi connectivity index (χ2v) is 11.0. The first-order valence-electron chi connectivity index (χ1n) is 13.3. The molecular weight excluding hydrogens is 600 g/mol. The molecule has 0 aliphatic carbocycles. The fourth-order valence-corrected chi connectivity index (χ4v) is 4.64. The molecule has 0 heterocycles. The molecule has 12 heteroatoms. The third-order valence-electron chi connectivity index (χ3n) is 6.51. The zero-order valence-corrected chi connectivity index (χ0v) is 25.0.